The minimum Gasteiger partial charge on any atom is -0.492 e. The highest BCUT2D eigenvalue weighted by atomic mass is 16.5. The molecule has 0 spiro atoms. The van der Waals surface area contributed by atoms with Gasteiger partial charge in [-0.3, -0.25) is 9.59 Å². The standard InChI is InChI=1S/C16H19NO5/c1-2-21-10-6-4-3-5-9(10)17-15(18)13-11-7-8-12(22-11)14(13)16(19)20/h3-6,11-14H,2,7-8H2,1H3,(H,17,18)(H,19,20). The van der Waals surface area contributed by atoms with E-state index in [1.54, 1.807) is 18.2 Å². The van der Waals surface area contributed by atoms with E-state index in [2.05, 4.69) is 5.32 Å². The highest BCUT2D eigenvalue weighted by molar-refractivity contribution is 5.97. The fourth-order valence-corrected chi connectivity index (χ4v) is 3.39. The van der Waals surface area contributed by atoms with Crippen molar-refractivity contribution < 1.29 is 24.2 Å². The molecule has 0 radical (unpaired) electrons. The van der Waals surface area contributed by atoms with E-state index in [1.807, 2.05) is 13.0 Å². The lowest BCUT2D eigenvalue weighted by Crippen LogP contribution is -2.41. The molecule has 2 bridgehead atoms. The average molecular weight is 305 g/mol. The van der Waals surface area contributed by atoms with Gasteiger partial charge in [0.1, 0.15) is 5.75 Å². The lowest BCUT2D eigenvalue weighted by atomic mass is 9.78. The average Bonchev–Trinajstić information content (AvgIpc) is 3.10. The molecule has 6 nitrogen and oxygen atoms in total. The highest BCUT2D eigenvalue weighted by Gasteiger charge is 2.55. The second-order valence-corrected chi connectivity index (χ2v) is 5.60. The first-order chi connectivity index (χ1) is 10.6. The van der Waals surface area contributed by atoms with Crippen molar-refractivity contribution in [2.45, 2.75) is 32.0 Å². The Bertz CT molecular complexity index is 588. The van der Waals surface area contributed by atoms with Crippen LogP contribution in [0.2, 0.25) is 0 Å². The van der Waals surface area contributed by atoms with Gasteiger partial charge in [-0.05, 0) is 31.9 Å². The minimum absolute atomic E-state index is 0.301. The summed E-state index contributed by atoms with van der Waals surface area (Å²) in [7, 11) is 0. The van der Waals surface area contributed by atoms with E-state index in [-0.39, 0.29) is 18.1 Å². The number of aliphatic carboxylic acids is 1. The van der Waals surface area contributed by atoms with E-state index in [1.165, 1.54) is 0 Å². The third kappa shape index (κ3) is 2.54. The number of carbonyl (C=O) groups is 2. The van der Waals surface area contributed by atoms with Crippen molar-refractivity contribution in [3.05, 3.63) is 24.3 Å². The zero-order valence-electron chi connectivity index (χ0n) is 12.3. The van der Waals surface area contributed by atoms with Gasteiger partial charge in [-0.25, -0.2) is 0 Å². The molecule has 1 aromatic carbocycles. The van der Waals surface area contributed by atoms with Crippen molar-refractivity contribution in [2.75, 3.05) is 11.9 Å². The quantitative estimate of drug-likeness (QED) is 0.868. The molecule has 4 unspecified atom stereocenters. The maximum Gasteiger partial charge on any atom is 0.310 e. The number of carbonyl (C=O) groups excluding carboxylic acids is 1. The monoisotopic (exact) mass is 305 g/mol. The van der Waals surface area contributed by atoms with Gasteiger partial charge in [-0.15, -0.1) is 0 Å². The van der Waals surface area contributed by atoms with Crippen LogP contribution in [0, 0.1) is 11.8 Å². The zero-order valence-corrected chi connectivity index (χ0v) is 12.3. The number of ether oxygens (including phenoxy) is 2. The Balaban J connectivity index is 1.78. The minimum atomic E-state index is -0.967. The van der Waals surface area contributed by atoms with Crippen LogP contribution in [-0.4, -0.2) is 35.8 Å². The van der Waals surface area contributed by atoms with Gasteiger partial charge in [0.15, 0.2) is 0 Å². The van der Waals surface area contributed by atoms with Gasteiger partial charge in [-0.1, -0.05) is 12.1 Å². The van der Waals surface area contributed by atoms with Crippen molar-refractivity contribution in [3.8, 4) is 5.75 Å². The summed E-state index contributed by atoms with van der Waals surface area (Å²) in [5, 5.41) is 12.2. The molecule has 1 aromatic rings. The van der Waals surface area contributed by atoms with Crippen LogP contribution in [0.5, 0.6) is 5.75 Å². The predicted octanol–water partition coefficient (Wildman–Crippen LogP) is 1.90. The molecule has 2 heterocycles. The third-order valence-corrected chi connectivity index (χ3v) is 4.31. The molecule has 2 saturated heterocycles. The largest absolute Gasteiger partial charge is 0.492 e. The highest BCUT2D eigenvalue weighted by Crippen LogP contribution is 2.44. The number of carboxylic acid groups (broad SMARTS) is 1. The summed E-state index contributed by atoms with van der Waals surface area (Å²) in [5.74, 6) is -2.12. The van der Waals surface area contributed by atoms with Gasteiger partial charge in [0.2, 0.25) is 5.91 Å². The van der Waals surface area contributed by atoms with E-state index in [0.29, 0.717) is 24.5 Å². The number of amides is 1. The summed E-state index contributed by atoms with van der Waals surface area (Å²) in [6.07, 6.45) is 0.798. The number of rotatable bonds is 5. The Morgan fingerprint density at radius 3 is 2.64 bits per heavy atom. The molecule has 2 fully saturated rings. The summed E-state index contributed by atoms with van der Waals surface area (Å²) in [6.45, 7) is 2.35. The van der Waals surface area contributed by atoms with Crippen molar-refractivity contribution >= 4 is 17.6 Å². The first-order valence-electron chi connectivity index (χ1n) is 7.52. The first-order valence-corrected chi connectivity index (χ1v) is 7.52. The van der Waals surface area contributed by atoms with Gasteiger partial charge in [0, 0.05) is 0 Å². The molecular weight excluding hydrogens is 286 g/mol. The van der Waals surface area contributed by atoms with Crippen LogP contribution >= 0.6 is 0 Å². The number of fused-ring (bicyclic) bond motifs is 2. The van der Waals surface area contributed by atoms with Crippen LogP contribution in [0.25, 0.3) is 0 Å². The summed E-state index contributed by atoms with van der Waals surface area (Å²) < 4.78 is 11.1. The first kappa shape index (κ1) is 14.8. The molecule has 118 valence electrons. The Kier molecular flexibility index (Phi) is 4.02. The van der Waals surface area contributed by atoms with E-state index in [9.17, 15) is 14.7 Å². The number of benzene rings is 1. The summed E-state index contributed by atoms with van der Waals surface area (Å²) in [4.78, 5) is 24.0. The second kappa shape index (κ2) is 5.96. The van der Waals surface area contributed by atoms with E-state index in [0.717, 1.165) is 6.42 Å². The molecule has 2 N–H and O–H groups in total. The van der Waals surface area contributed by atoms with Crippen LogP contribution in [0.4, 0.5) is 5.69 Å². The van der Waals surface area contributed by atoms with Crippen molar-refractivity contribution in [3.63, 3.8) is 0 Å². The summed E-state index contributed by atoms with van der Waals surface area (Å²) in [6, 6.07) is 7.13. The third-order valence-electron chi connectivity index (χ3n) is 4.31. The molecule has 0 aliphatic carbocycles. The van der Waals surface area contributed by atoms with Crippen molar-refractivity contribution in [1.29, 1.82) is 0 Å². The lowest BCUT2D eigenvalue weighted by molar-refractivity contribution is -0.147. The Labute approximate surface area is 128 Å². The normalized spacial score (nSPS) is 29.3. The molecule has 0 saturated carbocycles. The van der Waals surface area contributed by atoms with Crippen molar-refractivity contribution in [1.82, 2.24) is 0 Å². The number of hydrogen-bond acceptors (Lipinski definition) is 4. The maximum atomic E-state index is 12.6. The molecule has 4 atom stereocenters. The van der Waals surface area contributed by atoms with E-state index < -0.39 is 17.8 Å². The molecule has 0 aromatic heterocycles. The van der Waals surface area contributed by atoms with Crippen LogP contribution in [0.3, 0.4) is 0 Å². The molecule has 2 aliphatic rings. The predicted molar refractivity (Wildman–Crippen MR) is 78.8 cm³/mol. The maximum absolute atomic E-state index is 12.6. The van der Waals surface area contributed by atoms with Gasteiger partial charge in [0.25, 0.3) is 0 Å². The SMILES string of the molecule is CCOc1ccccc1NC(=O)C1C2CCC(O2)C1C(=O)O. The number of para-hydroxylation sites is 2. The van der Waals surface area contributed by atoms with Crippen LogP contribution < -0.4 is 10.1 Å². The summed E-state index contributed by atoms with van der Waals surface area (Å²) >= 11 is 0. The van der Waals surface area contributed by atoms with Gasteiger partial charge in [0.05, 0.1) is 36.3 Å². The second-order valence-electron chi connectivity index (χ2n) is 5.60. The Morgan fingerprint density at radius 1 is 1.27 bits per heavy atom. The molecule has 1 amide bonds. The zero-order chi connectivity index (χ0) is 15.7. The number of carboxylic acids is 1. The summed E-state index contributed by atoms with van der Waals surface area (Å²) in [5.41, 5.74) is 0.557. The topological polar surface area (TPSA) is 84.9 Å². The molecule has 3 rings (SSSR count). The fraction of sp³-hybridized carbons (Fsp3) is 0.500. The Morgan fingerprint density at radius 2 is 1.95 bits per heavy atom. The van der Waals surface area contributed by atoms with E-state index in [4.69, 9.17) is 9.47 Å². The number of anilines is 1. The lowest BCUT2D eigenvalue weighted by Gasteiger charge is -2.24. The Hall–Kier alpha value is -2.08. The molecule has 6 heteroatoms. The number of nitrogens with one attached hydrogen (secondary N) is 1. The van der Waals surface area contributed by atoms with Crippen LogP contribution in [0.15, 0.2) is 24.3 Å². The van der Waals surface area contributed by atoms with Crippen molar-refractivity contribution in [2.24, 2.45) is 11.8 Å². The van der Waals surface area contributed by atoms with Gasteiger partial charge >= 0.3 is 5.97 Å². The van der Waals surface area contributed by atoms with Crippen LogP contribution in [-0.2, 0) is 14.3 Å². The molecule has 22 heavy (non-hydrogen) atoms. The number of hydrogen-bond donors (Lipinski definition) is 2. The van der Waals surface area contributed by atoms with E-state index >= 15 is 0 Å². The van der Waals surface area contributed by atoms with Gasteiger partial charge < -0.3 is 19.9 Å². The fourth-order valence-electron chi connectivity index (χ4n) is 3.39. The smallest absolute Gasteiger partial charge is 0.310 e. The molecule has 2 aliphatic heterocycles. The van der Waals surface area contributed by atoms with Gasteiger partial charge in [-0.2, -0.15) is 0 Å². The molecular formula is C16H19NO5. The van der Waals surface area contributed by atoms with Crippen LogP contribution in [0.1, 0.15) is 19.8 Å².